The SMILES string of the molecule is CCOc1ccc(C(NC(=O)C2CCCN(C(=O)c3ccc(F)cc3)C2)C(C)C)cc1OCC. The van der Waals surface area contributed by atoms with E-state index in [1.165, 1.54) is 24.3 Å². The van der Waals surface area contributed by atoms with Gasteiger partial charge in [-0.2, -0.15) is 0 Å². The van der Waals surface area contributed by atoms with Gasteiger partial charge in [0.1, 0.15) is 5.82 Å². The molecule has 0 aromatic heterocycles. The molecule has 2 aromatic carbocycles. The Morgan fingerprint density at radius 2 is 1.74 bits per heavy atom. The molecule has 1 heterocycles. The van der Waals surface area contributed by atoms with Gasteiger partial charge >= 0.3 is 0 Å². The number of carbonyl (C=O) groups is 2. The standard InChI is InChI=1S/C27H35FN2O4/c1-5-33-23-14-11-20(16-24(23)34-6-2)25(18(3)4)29-26(31)21-8-7-15-30(17-21)27(32)19-9-12-22(28)13-10-19/h9-14,16,18,21,25H,5-8,15,17H2,1-4H3,(H,29,31). The fourth-order valence-corrected chi connectivity index (χ4v) is 4.32. The van der Waals surface area contributed by atoms with E-state index in [0.717, 1.165) is 18.4 Å². The summed E-state index contributed by atoms with van der Waals surface area (Å²) in [5, 5.41) is 3.21. The van der Waals surface area contributed by atoms with Crippen LogP contribution in [-0.4, -0.2) is 43.0 Å². The van der Waals surface area contributed by atoms with Crippen molar-refractivity contribution in [3.05, 3.63) is 59.4 Å². The van der Waals surface area contributed by atoms with Crippen LogP contribution < -0.4 is 14.8 Å². The molecule has 2 atom stereocenters. The van der Waals surface area contributed by atoms with Crippen molar-refractivity contribution >= 4 is 11.8 Å². The minimum absolute atomic E-state index is 0.0675. The monoisotopic (exact) mass is 470 g/mol. The van der Waals surface area contributed by atoms with E-state index in [0.29, 0.717) is 43.4 Å². The van der Waals surface area contributed by atoms with Crippen molar-refractivity contribution in [3.8, 4) is 11.5 Å². The van der Waals surface area contributed by atoms with Gasteiger partial charge in [-0.05, 0) is 74.6 Å². The summed E-state index contributed by atoms with van der Waals surface area (Å²) in [6.45, 7) is 9.96. The van der Waals surface area contributed by atoms with Crippen LogP contribution in [0.5, 0.6) is 11.5 Å². The van der Waals surface area contributed by atoms with Crippen molar-refractivity contribution < 1.29 is 23.5 Å². The van der Waals surface area contributed by atoms with Gasteiger partial charge in [0, 0.05) is 18.7 Å². The van der Waals surface area contributed by atoms with Crippen molar-refractivity contribution in [3.63, 3.8) is 0 Å². The lowest BCUT2D eigenvalue weighted by Crippen LogP contribution is -2.46. The number of nitrogens with zero attached hydrogens (tertiary/aromatic N) is 1. The molecule has 0 radical (unpaired) electrons. The van der Waals surface area contributed by atoms with E-state index in [-0.39, 0.29) is 35.5 Å². The van der Waals surface area contributed by atoms with Crippen LogP contribution in [0.4, 0.5) is 4.39 Å². The fourth-order valence-electron chi connectivity index (χ4n) is 4.32. The molecular formula is C27H35FN2O4. The van der Waals surface area contributed by atoms with E-state index in [1.807, 2.05) is 32.0 Å². The third kappa shape index (κ3) is 6.27. The number of carbonyl (C=O) groups excluding carboxylic acids is 2. The Morgan fingerprint density at radius 1 is 1.06 bits per heavy atom. The van der Waals surface area contributed by atoms with Crippen LogP contribution in [0.3, 0.4) is 0 Å². The van der Waals surface area contributed by atoms with E-state index >= 15 is 0 Å². The molecule has 7 heteroatoms. The summed E-state index contributed by atoms with van der Waals surface area (Å²) in [7, 11) is 0. The molecule has 0 aliphatic carbocycles. The number of halogens is 1. The molecule has 2 unspecified atom stereocenters. The summed E-state index contributed by atoms with van der Waals surface area (Å²) in [4.78, 5) is 27.8. The molecular weight excluding hydrogens is 435 g/mol. The number of piperidine rings is 1. The first kappa shape index (κ1) is 25.5. The highest BCUT2D eigenvalue weighted by Crippen LogP contribution is 2.33. The first-order chi connectivity index (χ1) is 16.3. The van der Waals surface area contributed by atoms with Gasteiger partial charge < -0.3 is 19.7 Å². The zero-order valence-corrected chi connectivity index (χ0v) is 20.5. The number of amides is 2. The van der Waals surface area contributed by atoms with Crippen LogP contribution in [-0.2, 0) is 4.79 Å². The van der Waals surface area contributed by atoms with E-state index in [9.17, 15) is 14.0 Å². The van der Waals surface area contributed by atoms with Crippen LogP contribution in [0.1, 0.15) is 62.5 Å². The van der Waals surface area contributed by atoms with Crippen molar-refractivity contribution in [1.29, 1.82) is 0 Å². The second kappa shape index (κ2) is 11.9. The lowest BCUT2D eigenvalue weighted by Gasteiger charge is -2.33. The highest BCUT2D eigenvalue weighted by atomic mass is 19.1. The Labute approximate surface area is 201 Å². The van der Waals surface area contributed by atoms with Gasteiger partial charge in [-0.1, -0.05) is 19.9 Å². The van der Waals surface area contributed by atoms with Gasteiger partial charge in [-0.15, -0.1) is 0 Å². The molecule has 2 aromatic rings. The molecule has 0 spiro atoms. The number of hydrogen-bond acceptors (Lipinski definition) is 4. The molecule has 0 bridgehead atoms. The first-order valence-corrected chi connectivity index (χ1v) is 12.1. The Balaban J connectivity index is 1.72. The Morgan fingerprint density at radius 3 is 2.38 bits per heavy atom. The molecule has 184 valence electrons. The lowest BCUT2D eigenvalue weighted by molar-refractivity contribution is -0.127. The molecule has 0 saturated carbocycles. The van der Waals surface area contributed by atoms with Gasteiger partial charge in [0.05, 0.1) is 25.2 Å². The van der Waals surface area contributed by atoms with Crippen molar-refractivity contribution in [2.75, 3.05) is 26.3 Å². The average molecular weight is 471 g/mol. The zero-order valence-electron chi connectivity index (χ0n) is 20.5. The number of likely N-dealkylation sites (tertiary alicyclic amines) is 1. The first-order valence-electron chi connectivity index (χ1n) is 12.1. The topological polar surface area (TPSA) is 67.9 Å². The van der Waals surface area contributed by atoms with Crippen LogP contribution in [0.2, 0.25) is 0 Å². The second-order valence-corrected chi connectivity index (χ2v) is 8.90. The summed E-state index contributed by atoms with van der Waals surface area (Å²) < 4.78 is 24.7. The van der Waals surface area contributed by atoms with E-state index in [2.05, 4.69) is 19.2 Å². The van der Waals surface area contributed by atoms with Gasteiger partial charge in [0.2, 0.25) is 5.91 Å². The molecule has 6 nitrogen and oxygen atoms in total. The second-order valence-electron chi connectivity index (χ2n) is 8.90. The van der Waals surface area contributed by atoms with Gasteiger partial charge in [0.25, 0.3) is 5.91 Å². The van der Waals surface area contributed by atoms with Crippen LogP contribution in [0, 0.1) is 17.7 Å². The molecule has 1 aliphatic rings. The fraction of sp³-hybridized carbons (Fsp3) is 0.481. The zero-order chi connectivity index (χ0) is 24.7. The van der Waals surface area contributed by atoms with Gasteiger partial charge in [-0.25, -0.2) is 4.39 Å². The van der Waals surface area contributed by atoms with Crippen molar-refractivity contribution in [2.45, 2.75) is 46.6 Å². The minimum atomic E-state index is -0.381. The molecule has 1 saturated heterocycles. The molecule has 34 heavy (non-hydrogen) atoms. The minimum Gasteiger partial charge on any atom is -0.490 e. The maximum absolute atomic E-state index is 13.3. The number of ether oxygens (including phenoxy) is 2. The number of rotatable bonds is 9. The van der Waals surface area contributed by atoms with Crippen LogP contribution in [0.25, 0.3) is 0 Å². The van der Waals surface area contributed by atoms with Crippen LogP contribution >= 0.6 is 0 Å². The quantitative estimate of drug-likeness (QED) is 0.561. The number of benzene rings is 2. The third-order valence-corrected chi connectivity index (χ3v) is 6.06. The van der Waals surface area contributed by atoms with Crippen LogP contribution in [0.15, 0.2) is 42.5 Å². The highest BCUT2D eigenvalue weighted by molar-refractivity contribution is 5.94. The van der Waals surface area contributed by atoms with E-state index < -0.39 is 0 Å². The summed E-state index contributed by atoms with van der Waals surface area (Å²) in [5.41, 5.74) is 1.38. The Kier molecular flexibility index (Phi) is 8.91. The van der Waals surface area contributed by atoms with Gasteiger partial charge in [0.15, 0.2) is 11.5 Å². The third-order valence-electron chi connectivity index (χ3n) is 6.06. The van der Waals surface area contributed by atoms with E-state index in [4.69, 9.17) is 9.47 Å². The smallest absolute Gasteiger partial charge is 0.253 e. The number of nitrogens with one attached hydrogen (secondary N) is 1. The predicted molar refractivity (Wildman–Crippen MR) is 130 cm³/mol. The maximum Gasteiger partial charge on any atom is 0.253 e. The number of hydrogen-bond donors (Lipinski definition) is 1. The molecule has 1 N–H and O–H groups in total. The maximum atomic E-state index is 13.3. The summed E-state index contributed by atoms with van der Waals surface area (Å²) in [6, 6.07) is 11.1. The highest BCUT2D eigenvalue weighted by Gasteiger charge is 2.31. The molecule has 1 aliphatic heterocycles. The summed E-state index contributed by atoms with van der Waals surface area (Å²) in [6.07, 6.45) is 1.46. The van der Waals surface area contributed by atoms with Gasteiger partial charge in [-0.3, -0.25) is 9.59 Å². The Bertz CT molecular complexity index is 977. The summed E-state index contributed by atoms with van der Waals surface area (Å²) in [5.74, 6) is 0.576. The molecule has 3 rings (SSSR count). The largest absolute Gasteiger partial charge is 0.490 e. The van der Waals surface area contributed by atoms with Crippen molar-refractivity contribution in [1.82, 2.24) is 10.2 Å². The predicted octanol–water partition coefficient (Wildman–Crippen LogP) is 4.99. The molecule has 2 amide bonds. The summed E-state index contributed by atoms with van der Waals surface area (Å²) >= 11 is 0. The Hall–Kier alpha value is -3.09. The van der Waals surface area contributed by atoms with E-state index in [1.54, 1.807) is 4.90 Å². The average Bonchev–Trinajstić information content (AvgIpc) is 2.84. The van der Waals surface area contributed by atoms with Crippen molar-refractivity contribution in [2.24, 2.45) is 11.8 Å². The lowest BCUT2D eigenvalue weighted by atomic mass is 9.92. The normalized spacial score (nSPS) is 16.8. The molecule has 1 fully saturated rings.